The molecule has 0 aromatic carbocycles. The molecule has 3 heterocycles. The van der Waals surface area contributed by atoms with Crippen molar-refractivity contribution < 1.29 is 13.9 Å². The van der Waals surface area contributed by atoms with Crippen molar-refractivity contribution in [3.8, 4) is 5.75 Å². The molecule has 1 aliphatic heterocycles. The number of rotatable bonds is 5. The summed E-state index contributed by atoms with van der Waals surface area (Å²) in [6.45, 7) is 4.85. The molecule has 2 aromatic heterocycles. The van der Waals surface area contributed by atoms with Crippen LogP contribution in [-0.4, -0.2) is 39.6 Å². The molecule has 0 radical (unpaired) electrons. The summed E-state index contributed by atoms with van der Waals surface area (Å²) in [5, 5.41) is 4.05. The Hall–Kier alpha value is -2.22. The summed E-state index contributed by atoms with van der Waals surface area (Å²) in [5.41, 5.74) is 0.337. The van der Waals surface area contributed by atoms with Crippen LogP contribution in [0.5, 0.6) is 5.75 Å². The van der Waals surface area contributed by atoms with E-state index in [0.29, 0.717) is 29.5 Å². The minimum Gasteiger partial charge on any atom is -0.488 e. The molecule has 0 aliphatic carbocycles. The molecule has 128 valence electrons. The highest BCUT2D eigenvalue weighted by molar-refractivity contribution is 7.08. The summed E-state index contributed by atoms with van der Waals surface area (Å²) in [7, 11) is 0. The first-order valence-corrected chi connectivity index (χ1v) is 8.73. The van der Waals surface area contributed by atoms with Crippen molar-refractivity contribution in [3.05, 3.63) is 38.9 Å². The Morgan fingerprint density at radius 2 is 2.33 bits per heavy atom. The van der Waals surface area contributed by atoms with Crippen LogP contribution < -0.4 is 10.4 Å². The fraction of sp³-hybridized carbons (Fsp3) is 0.500. The molecular formula is C16H19N3O4S. The Morgan fingerprint density at radius 3 is 3.08 bits per heavy atom. The fourth-order valence-electron chi connectivity index (χ4n) is 2.76. The van der Waals surface area contributed by atoms with Gasteiger partial charge in [-0.15, -0.1) is 5.10 Å². The quantitative estimate of drug-likeness (QED) is 0.821. The van der Waals surface area contributed by atoms with Crippen LogP contribution in [0.15, 0.2) is 21.3 Å². The summed E-state index contributed by atoms with van der Waals surface area (Å²) in [5.74, 6) is 0.945. The van der Waals surface area contributed by atoms with Gasteiger partial charge in [0.15, 0.2) is 0 Å². The normalized spacial score (nSPS) is 17.2. The molecule has 3 rings (SSSR count). The molecule has 1 atom stereocenters. The van der Waals surface area contributed by atoms with Gasteiger partial charge < -0.3 is 14.1 Å². The third-order valence-electron chi connectivity index (χ3n) is 3.84. The number of aromatic nitrogens is 2. The van der Waals surface area contributed by atoms with Crippen molar-refractivity contribution in [2.24, 2.45) is 0 Å². The van der Waals surface area contributed by atoms with Gasteiger partial charge in [0.2, 0.25) is 0 Å². The van der Waals surface area contributed by atoms with E-state index in [1.165, 1.54) is 6.07 Å². The Labute approximate surface area is 143 Å². The topological polar surface area (TPSA) is 85.5 Å². The predicted molar refractivity (Wildman–Crippen MR) is 88.6 cm³/mol. The maximum Gasteiger partial charge on any atom is 0.339 e. The minimum absolute atomic E-state index is 0.0386. The maximum absolute atomic E-state index is 12.6. The summed E-state index contributed by atoms with van der Waals surface area (Å²) in [6, 6.07) is 3.00. The van der Waals surface area contributed by atoms with Crippen molar-refractivity contribution in [1.82, 2.24) is 14.5 Å². The van der Waals surface area contributed by atoms with E-state index in [1.54, 1.807) is 17.9 Å². The number of hydrogen-bond acceptors (Lipinski definition) is 7. The van der Waals surface area contributed by atoms with Crippen molar-refractivity contribution in [1.29, 1.82) is 0 Å². The first-order chi connectivity index (χ1) is 11.6. The van der Waals surface area contributed by atoms with E-state index in [9.17, 15) is 9.59 Å². The van der Waals surface area contributed by atoms with Gasteiger partial charge in [0.1, 0.15) is 22.5 Å². The number of amides is 1. The molecule has 2 aromatic rings. The summed E-state index contributed by atoms with van der Waals surface area (Å²) in [6.07, 6.45) is 2.27. The smallest absolute Gasteiger partial charge is 0.339 e. The molecule has 1 saturated heterocycles. The predicted octanol–water partition coefficient (Wildman–Crippen LogP) is 2.05. The van der Waals surface area contributed by atoms with E-state index < -0.39 is 5.63 Å². The van der Waals surface area contributed by atoms with E-state index >= 15 is 0 Å². The highest BCUT2D eigenvalue weighted by Gasteiger charge is 2.30. The van der Waals surface area contributed by atoms with Crippen molar-refractivity contribution in [2.45, 2.75) is 39.2 Å². The number of ether oxygens (including phenoxy) is 1. The lowest BCUT2D eigenvalue weighted by Gasteiger charge is -2.16. The van der Waals surface area contributed by atoms with Crippen LogP contribution in [0.1, 0.15) is 40.9 Å². The van der Waals surface area contributed by atoms with Crippen LogP contribution in [0.25, 0.3) is 0 Å². The van der Waals surface area contributed by atoms with Gasteiger partial charge in [0.05, 0.1) is 18.3 Å². The van der Waals surface area contributed by atoms with Crippen molar-refractivity contribution >= 4 is 17.4 Å². The monoisotopic (exact) mass is 349 g/mol. The summed E-state index contributed by atoms with van der Waals surface area (Å²) >= 11 is 1.15. The second-order valence-corrected chi connectivity index (χ2v) is 6.56. The number of nitrogens with zero attached hydrogens (tertiary/aromatic N) is 3. The number of likely N-dealkylation sites (tertiary alicyclic amines) is 1. The van der Waals surface area contributed by atoms with E-state index in [0.717, 1.165) is 36.5 Å². The Kier molecular flexibility index (Phi) is 4.94. The molecule has 1 unspecified atom stereocenters. The molecule has 0 N–H and O–H groups in total. The average Bonchev–Trinajstić information content (AvgIpc) is 3.15. The van der Waals surface area contributed by atoms with Crippen LogP contribution in [0.2, 0.25) is 0 Å². The first-order valence-electron chi connectivity index (χ1n) is 7.95. The van der Waals surface area contributed by atoms with Gasteiger partial charge in [-0.1, -0.05) is 17.8 Å². The Balaban J connectivity index is 1.65. The lowest BCUT2D eigenvalue weighted by molar-refractivity contribution is 0.0775. The highest BCUT2D eigenvalue weighted by atomic mass is 32.1. The summed E-state index contributed by atoms with van der Waals surface area (Å²) in [4.78, 5) is 26.4. The molecule has 1 aliphatic rings. The van der Waals surface area contributed by atoms with E-state index in [1.807, 2.05) is 6.92 Å². The average molecular weight is 349 g/mol. The molecule has 0 saturated carbocycles. The zero-order valence-corrected chi connectivity index (χ0v) is 14.5. The Bertz CT molecular complexity index is 786. The van der Waals surface area contributed by atoms with Gasteiger partial charge in [-0.05, 0) is 24.9 Å². The van der Waals surface area contributed by atoms with Gasteiger partial charge in [-0.3, -0.25) is 4.79 Å². The third-order valence-corrected chi connectivity index (χ3v) is 4.60. The zero-order valence-electron chi connectivity index (χ0n) is 13.7. The molecule has 1 fully saturated rings. The van der Waals surface area contributed by atoms with Crippen molar-refractivity contribution in [3.63, 3.8) is 0 Å². The van der Waals surface area contributed by atoms with E-state index in [2.05, 4.69) is 9.59 Å². The lowest BCUT2D eigenvalue weighted by atomic mass is 10.2. The van der Waals surface area contributed by atoms with Gasteiger partial charge in [0.25, 0.3) is 5.91 Å². The summed E-state index contributed by atoms with van der Waals surface area (Å²) < 4.78 is 14.7. The zero-order chi connectivity index (χ0) is 17.1. The van der Waals surface area contributed by atoms with Crippen LogP contribution in [0, 0.1) is 6.92 Å². The van der Waals surface area contributed by atoms with Gasteiger partial charge in [-0.2, -0.15) is 0 Å². The second kappa shape index (κ2) is 7.12. The van der Waals surface area contributed by atoms with Crippen LogP contribution in [-0.2, 0) is 6.42 Å². The first kappa shape index (κ1) is 16.6. The van der Waals surface area contributed by atoms with E-state index in [4.69, 9.17) is 9.15 Å². The SMILES string of the molecule is CCCc1nnsc1C(=O)N1CCC(Oc2cc(C)oc(=O)c2)C1. The Morgan fingerprint density at radius 1 is 1.50 bits per heavy atom. The van der Waals surface area contributed by atoms with Crippen molar-refractivity contribution in [2.75, 3.05) is 13.1 Å². The number of carbonyl (C=O) groups excluding carboxylic acids is 1. The van der Waals surface area contributed by atoms with Gasteiger partial charge >= 0.3 is 5.63 Å². The molecule has 0 spiro atoms. The van der Waals surface area contributed by atoms with Crippen LogP contribution in [0.3, 0.4) is 0 Å². The number of aryl methyl sites for hydroxylation is 2. The molecule has 8 heteroatoms. The standard InChI is InChI=1S/C16H19N3O4S/c1-3-4-13-15(24-18-17-13)16(21)19-6-5-11(9-19)23-12-7-10(2)22-14(20)8-12/h7-8,11H,3-6,9H2,1-2H3. The maximum atomic E-state index is 12.6. The fourth-order valence-corrected chi connectivity index (χ4v) is 3.44. The molecule has 7 nitrogen and oxygen atoms in total. The third kappa shape index (κ3) is 3.64. The molecule has 24 heavy (non-hydrogen) atoms. The van der Waals surface area contributed by atoms with Crippen LogP contribution >= 0.6 is 11.5 Å². The van der Waals surface area contributed by atoms with Gasteiger partial charge in [0, 0.05) is 19.0 Å². The molecule has 0 bridgehead atoms. The van der Waals surface area contributed by atoms with Crippen LogP contribution in [0.4, 0.5) is 0 Å². The van der Waals surface area contributed by atoms with Gasteiger partial charge in [-0.25, -0.2) is 4.79 Å². The lowest BCUT2D eigenvalue weighted by Crippen LogP contribution is -2.31. The van der Waals surface area contributed by atoms with E-state index in [-0.39, 0.29) is 12.0 Å². The minimum atomic E-state index is -0.434. The molecular weight excluding hydrogens is 330 g/mol. The number of carbonyl (C=O) groups is 1. The second-order valence-electron chi connectivity index (χ2n) is 5.80. The molecule has 1 amide bonds. The number of hydrogen-bond donors (Lipinski definition) is 0. The highest BCUT2D eigenvalue weighted by Crippen LogP contribution is 2.22. The largest absolute Gasteiger partial charge is 0.488 e.